The Morgan fingerprint density at radius 1 is 1.10 bits per heavy atom. The van der Waals surface area contributed by atoms with Crippen molar-refractivity contribution in [1.29, 1.82) is 0 Å². The maximum absolute atomic E-state index is 12.7. The quantitative estimate of drug-likeness (QED) is 0.279. The van der Waals surface area contributed by atoms with Crippen LogP contribution in [0.4, 0.5) is 0 Å². The lowest BCUT2D eigenvalue weighted by Gasteiger charge is -2.37. The summed E-state index contributed by atoms with van der Waals surface area (Å²) in [6.45, 7) is 9.84. The predicted octanol–water partition coefficient (Wildman–Crippen LogP) is 5.54. The van der Waals surface area contributed by atoms with E-state index in [0.29, 0.717) is 5.56 Å². The Labute approximate surface area is 179 Å². The minimum atomic E-state index is -0.986. The average molecular weight is 407 g/mol. The topological polar surface area (TPSA) is 52.6 Å². The highest BCUT2D eigenvalue weighted by Gasteiger charge is 2.42. The highest BCUT2D eigenvalue weighted by Crippen LogP contribution is 2.35. The maximum atomic E-state index is 12.7. The van der Waals surface area contributed by atoms with Gasteiger partial charge in [-0.25, -0.2) is 4.79 Å². The van der Waals surface area contributed by atoms with Gasteiger partial charge in [-0.15, -0.1) is 0 Å². The molecule has 0 radical (unpaired) electrons. The van der Waals surface area contributed by atoms with Crippen LogP contribution in [-0.2, 0) is 20.9 Å². The fraction of sp³-hybridized carbons (Fsp3) is 0.308. The number of ether oxygens (including phenoxy) is 2. The van der Waals surface area contributed by atoms with Gasteiger partial charge in [-0.3, -0.25) is 0 Å². The Bertz CT molecular complexity index is 857. The van der Waals surface area contributed by atoms with Crippen LogP contribution in [0.5, 0.6) is 0 Å². The van der Waals surface area contributed by atoms with E-state index in [9.17, 15) is 9.59 Å². The van der Waals surface area contributed by atoms with Crippen LogP contribution in [0, 0.1) is 5.41 Å². The van der Waals surface area contributed by atoms with Gasteiger partial charge in [-0.1, -0.05) is 73.7 Å². The van der Waals surface area contributed by atoms with Gasteiger partial charge < -0.3 is 14.3 Å². The van der Waals surface area contributed by atoms with Crippen molar-refractivity contribution in [3.8, 4) is 0 Å². The van der Waals surface area contributed by atoms with E-state index in [4.69, 9.17) is 9.47 Å². The van der Waals surface area contributed by atoms with E-state index in [1.54, 1.807) is 24.3 Å². The highest BCUT2D eigenvalue weighted by atomic mass is 16.6. The van der Waals surface area contributed by atoms with E-state index in [1.165, 1.54) is 6.08 Å². The molecule has 0 fully saturated rings. The summed E-state index contributed by atoms with van der Waals surface area (Å²) in [7, 11) is 0. The van der Waals surface area contributed by atoms with Gasteiger partial charge >= 0.3 is 5.97 Å². The summed E-state index contributed by atoms with van der Waals surface area (Å²) < 4.78 is 12.0. The molecule has 0 saturated heterocycles. The van der Waals surface area contributed by atoms with Crippen molar-refractivity contribution in [2.45, 2.75) is 46.0 Å². The van der Waals surface area contributed by atoms with E-state index >= 15 is 0 Å². The van der Waals surface area contributed by atoms with Crippen molar-refractivity contribution in [2.24, 2.45) is 5.41 Å². The molecule has 3 atom stereocenters. The van der Waals surface area contributed by atoms with Gasteiger partial charge in [0.15, 0.2) is 0 Å². The maximum Gasteiger partial charge on any atom is 0.338 e. The molecule has 0 saturated carbocycles. The van der Waals surface area contributed by atoms with Crippen LogP contribution < -0.4 is 0 Å². The summed E-state index contributed by atoms with van der Waals surface area (Å²) in [5.74, 6) is -0.487. The molecular formula is C26H30O4. The number of allylic oxidation sites excluding steroid dienone is 1. The zero-order valence-electron chi connectivity index (χ0n) is 17.9. The van der Waals surface area contributed by atoms with Gasteiger partial charge in [-0.2, -0.15) is 0 Å². The van der Waals surface area contributed by atoms with E-state index in [-0.39, 0.29) is 6.61 Å². The predicted molar refractivity (Wildman–Crippen MR) is 119 cm³/mol. The summed E-state index contributed by atoms with van der Waals surface area (Å²) in [4.78, 5) is 25.0. The lowest BCUT2D eigenvalue weighted by molar-refractivity contribution is -0.130. The third-order valence-corrected chi connectivity index (χ3v) is 5.25. The highest BCUT2D eigenvalue weighted by molar-refractivity contribution is 5.89. The molecule has 0 unspecified atom stereocenters. The number of hydrogen-bond donors (Lipinski definition) is 0. The van der Waals surface area contributed by atoms with Gasteiger partial charge in [0.05, 0.1) is 17.6 Å². The number of esters is 1. The largest absolute Gasteiger partial charge is 0.452 e. The third-order valence-electron chi connectivity index (χ3n) is 5.25. The molecule has 30 heavy (non-hydrogen) atoms. The van der Waals surface area contributed by atoms with Gasteiger partial charge in [0.2, 0.25) is 0 Å². The van der Waals surface area contributed by atoms with Crippen LogP contribution in [0.15, 0.2) is 85.0 Å². The monoisotopic (exact) mass is 406 g/mol. The smallest absolute Gasteiger partial charge is 0.338 e. The van der Waals surface area contributed by atoms with Crippen molar-refractivity contribution < 1.29 is 19.1 Å². The van der Waals surface area contributed by atoms with E-state index in [2.05, 4.69) is 6.58 Å². The number of benzene rings is 2. The zero-order valence-corrected chi connectivity index (χ0v) is 17.9. The Kier molecular flexibility index (Phi) is 8.75. The summed E-state index contributed by atoms with van der Waals surface area (Å²) >= 11 is 0. The van der Waals surface area contributed by atoms with Crippen LogP contribution in [0.3, 0.4) is 0 Å². The molecule has 0 bridgehead atoms. The molecule has 4 heteroatoms. The summed E-state index contributed by atoms with van der Waals surface area (Å²) in [5, 5.41) is 0. The molecule has 2 aromatic carbocycles. The Balaban J connectivity index is 2.35. The first-order valence-corrected chi connectivity index (χ1v) is 10.1. The summed E-state index contributed by atoms with van der Waals surface area (Å²) in [6, 6.07) is 18.4. The fourth-order valence-corrected chi connectivity index (χ4v) is 3.28. The first-order valence-electron chi connectivity index (χ1n) is 10.1. The van der Waals surface area contributed by atoms with Crippen LogP contribution in [0.25, 0.3) is 0 Å². The average Bonchev–Trinajstić information content (AvgIpc) is 2.79. The van der Waals surface area contributed by atoms with Gasteiger partial charge in [-0.05, 0) is 44.0 Å². The first kappa shape index (κ1) is 23.3. The number of carbonyl (C=O) groups excluding carboxylic acids is 2. The van der Waals surface area contributed by atoms with E-state index in [0.717, 1.165) is 23.8 Å². The Morgan fingerprint density at radius 3 is 2.23 bits per heavy atom. The third kappa shape index (κ3) is 5.77. The summed E-state index contributed by atoms with van der Waals surface area (Å²) in [6.07, 6.45) is 3.63. The van der Waals surface area contributed by atoms with Gasteiger partial charge in [0, 0.05) is 0 Å². The van der Waals surface area contributed by atoms with E-state index in [1.807, 2.05) is 63.2 Å². The Morgan fingerprint density at radius 2 is 1.70 bits per heavy atom. The van der Waals surface area contributed by atoms with Crippen molar-refractivity contribution >= 4 is 12.3 Å². The molecule has 0 aliphatic carbocycles. The lowest BCUT2D eigenvalue weighted by atomic mass is 9.76. The molecule has 0 amide bonds. The molecule has 0 aliphatic rings. The molecular weight excluding hydrogens is 376 g/mol. The van der Waals surface area contributed by atoms with Gasteiger partial charge in [0.25, 0.3) is 0 Å². The molecule has 0 aromatic heterocycles. The first-order chi connectivity index (χ1) is 14.5. The number of carbonyl (C=O) groups is 2. The summed E-state index contributed by atoms with van der Waals surface area (Å²) in [5.41, 5.74) is 1.27. The van der Waals surface area contributed by atoms with Crippen molar-refractivity contribution in [1.82, 2.24) is 0 Å². The molecule has 0 N–H and O–H groups in total. The minimum absolute atomic E-state index is 0.279. The molecule has 0 spiro atoms. The second kappa shape index (κ2) is 11.3. The molecule has 2 aromatic rings. The Hall–Kier alpha value is -2.98. The second-order valence-electron chi connectivity index (χ2n) is 7.38. The van der Waals surface area contributed by atoms with Gasteiger partial charge in [0.1, 0.15) is 18.5 Å². The standard InChI is InChI=1S/C26H30O4/c1-5-13-20(3)26(4,19-27)24(29-18-21-14-9-7-10-15-21)23(6-2)30-25(28)22-16-11-8-12-17-22/h6-17,19,23-24H,2,5,18H2,1,3-4H3/b20-13+/t23-,24+,26+/m1/s1. The van der Waals surface area contributed by atoms with Crippen molar-refractivity contribution in [3.63, 3.8) is 0 Å². The van der Waals surface area contributed by atoms with Crippen molar-refractivity contribution in [2.75, 3.05) is 0 Å². The number of aldehydes is 1. The second-order valence-corrected chi connectivity index (χ2v) is 7.38. The molecule has 4 nitrogen and oxygen atoms in total. The fourth-order valence-electron chi connectivity index (χ4n) is 3.28. The normalized spacial score (nSPS) is 15.5. The van der Waals surface area contributed by atoms with Crippen LogP contribution >= 0.6 is 0 Å². The SMILES string of the molecule is C=C[C@@H](OC(=O)c1ccccc1)[C@H](OCc1ccccc1)[C@@](C)(C=O)/C(C)=C/CC. The van der Waals surface area contributed by atoms with Crippen molar-refractivity contribution in [3.05, 3.63) is 96.1 Å². The number of hydrogen-bond acceptors (Lipinski definition) is 4. The molecule has 0 heterocycles. The minimum Gasteiger partial charge on any atom is -0.452 e. The van der Waals surface area contributed by atoms with Crippen LogP contribution in [-0.4, -0.2) is 24.5 Å². The molecule has 158 valence electrons. The zero-order chi connectivity index (χ0) is 22.0. The number of rotatable bonds is 11. The molecule has 2 rings (SSSR count). The lowest BCUT2D eigenvalue weighted by Crippen LogP contribution is -2.46. The van der Waals surface area contributed by atoms with Crippen LogP contribution in [0.2, 0.25) is 0 Å². The van der Waals surface area contributed by atoms with Crippen LogP contribution in [0.1, 0.15) is 43.1 Å². The van der Waals surface area contributed by atoms with E-state index < -0.39 is 23.6 Å². The molecule has 0 aliphatic heterocycles.